The van der Waals surface area contributed by atoms with E-state index in [4.69, 9.17) is 4.42 Å². The van der Waals surface area contributed by atoms with Gasteiger partial charge in [-0.05, 0) is 42.2 Å². The second-order valence-electron chi connectivity index (χ2n) is 8.15. The van der Waals surface area contributed by atoms with E-state index in [-0.39, 0.29) is 17.6 Å². The standard InChI is InChI=1S/C25H20N6O2S/c32-21(24-28-19-8-7-18(15-20(19)34-24)16-5-2-1-3-6-16)23-30-29-22(33-23)17-9-13-31(14-10-17)25-26-11-4-12-27-25/h1-8,11-12,15,17H,9-10,13-14H2. The molecule has 3 aromatic heterocycles. The van der Waals surface area contributed by atoms with E-state index in [1.54, 1.807) is 18.5 Å². The van der Waals surface area contributed by atoms with E-state index in [0.29, 0.717) is 10.9 Å². The van der Waals surface area contributed by atoms with Crippen LogP contribution in [0.5, 0.6) is 0 Å². The van der Waals surface area contributed by atoms with Gasteiger partial charge in [0.2, 0.25) is 11.8 Å². The van der Waals surface area contributed by atoms with Crippen molar-refractivity contribution in [2.45, 2.75) is 18.8 Å². The predicted octanol–water partition coefficient (Wildman–Crippen LogP) is 4.75. The first kappa shape index (κ1) is 20.6. The molecule has 0 radical (unpaired) electrons. The van der Waals surface area contributed by atoms with Crippen molar-refractivity contribution < 1.29 is 9.21 Å². The van der Waals surface area contributed by atoms with Crippen molar-refractivity contribution in [1.82, 2.24) is 25.1 Å². The number of carbonyl (C=O) groups excluding carboxylic acids is 1. The lowest BCUT2D eigenvalue weighted by atomic mass is 9.97. The largest absolute Gasteiger partial charge is 0.418 e. The molecule has 0 saturated carbocycles. The molecule has 4 heterocycles. The van der Waals surface area contributed by atoms with Crippen LogP contribution in [-0.4, -0.2) is 44.0 Å². The lowest BCUT2D eigenvalue weighted by molar-refractivity contribution is 0.1000. The van der Waals surface area contributed by atoms with Crippen LogP contribution in [0, 0.1) is 0 Å². The molecule has 1 aliphatic rings. The molecular weight excluding hydrogens is 448 g/mol. The molecule has 9 heteroatoms. The molecule has 168 valence electrons. The molecule has 0 N–H and O–H groups in total. The molecule has 0 aliphatic carbocycles. The summed E-state index contributed by atoms with van der Waals surface area (Å²) in [7, 11) is 0. The van der Waals surface area contributed by atoms with Crippen molar-refractivity contribution in [3.05, 3.63) is 83.8 Å². The zero-order chi connectivity index (χ0) is 22.9. The Morgan fingerprint density at radius 1 is 0.941 bits per heavy atom. The summed E-state index contributed by atoms with van der Waals surface area (Å²) in [5.41, 5.74) is 2.99. The van der Waals surface area contributed by atoms with Crippen molar-refractivity contribution in [2.24, 2.45) is 0 Å². The molecule has 8 nitrogen and oxygen atoms in total. The molecule has 0 bridgehead atoms. The number of rotatable bonds is 5. The summed E-state index contributed by atoms with van der Waals surface area (Å²) in [6.45, 7) is 1.59. The fraction of sp³-hybridized carbons (Fsp3) is 0.200. The Balaban J connectivity index is 1.17. The number of thiazole rings is 1. The third-order valence-corrected chi connectivity index (χ3v) is 7.02. The maximum absolute atomic E-state index is 13.0. The normalized spacial score (nSPS) is 14.5. The Kier molecular flexibility index (Phi) is 5.31. The van der Waals surface area contributed by atoms with Crippen LogP contribution in [0.15, 0.2) is 71.4 Å². The van der Waals surface area contributed by atoms with Crippen molar-refractivity contribution >= 4 is 33.3 Å². The Hall–Kier alpha value is -3.98. The Labute approximate surface area is 199 Å². The molecule has 5 aromatic rings. The van der Waals surface area contributed by atoms with Crippen LogP contribution in [0.4, 0.5) is 5.95 Å². The summed E-state index contributed by atoms with van der Waals surface area (Å²) in [6, 6.07) is 17.9. The van der Waals surface area contributed by atoms with Crippen LogP contribution in [-0.2, 0) is 0 Å². The topological polar surface area (TPSA) is 97.9 Å². The monoisotopic (exact) mass is 468 g/mol. The summed E-state index contributed by atoms with van der Waals surface area (Å²) in [4.78, 5) is 28.3. The molecule has 6 rings (SSSR count). The minimum absolute atomic E-state index is 0.00818. The number of ketones is 1. The number of carbonyl (C=O) groups is 1. The molecule has 0 amide bonds. The predicted molar refractivity (Wildman–Crippen MR) is 129 cm³/mol. The molecule has 1 fully saturated rings. The number of hydrogen-bond donors (Lipinski definition) is 0. The third kappa shape index (κ3) is 3.94. The van der Waals surface area contributed by atoms with Crippen LogP contribution in [0.1, 0.15) is 40.3 Å². The van der Waals surface area contributed by atoms with E-state index in [9.17, 15) is 4.79 Å². The van der Waals surface area contributed by atoms with E-state index >= 15 is 0 Å². The lowest BCUT2D eigenvalue weighted by Gasteiger charge is -2.30. The Bertz CT molecular complexity index is 1440. The summed E-state index contributed by atoms with van der Waals surface area (Å²) < 4.78 is 6.76. The van der Waals surface area contributed by atoms with Gasteiger partial charge in [0.1, 0.15) is 0 Å². The molecule has 1 saturated heterocycles. The van der Waals surface area contributed by atoms with Crippen molar-refractivity contribution in [3.63, 3.8) is 0 Å². The maximum atomic E-state index is 13.0. The van der Waals surface area contributed by atoms with Crippen LogP contribution < -0.4 is 4.90 Å². The van der Waals surface area contributed by atoms with Gasteiger partial charge in [-0.1, -0.05) is 36.4 Å². The summed E-state index contributed by atoms with van der Waals surface area (Å²) in [6.07, 6.45) is 5.15. The number of nitrogens with zero attached hydrogens (tertiary/aromatic N) is 6. The molecule has 1 aliphatic heterocycles. The van der Waals surface area contributed by atoms with Crippen LogP contribution in [0.25, 0.3) is 21.3 Å². The molecular formula is C25H20N6O2S. The smallest absolute Gasteiger partial charge is 0.291 e. The highest BCUT2D eigenvalue weighted by atomic mass is 32.1. The van der Waals surface area contributed by atoms with Crippen LogP contribution in [0.3, 0.4) is 0 Å². The van der Waals surface area contributed by atoms with Gasteiger partial charge in [0.25, 0.3) is 11.7 Å². The number of benzene rings is 2. The van der Waals surface area contributed by atoms with Gasteiger partial charge in [0.15, 0.2) is 5.01 Å². The van der Waals surface area contributed by atoms with Gasteiger partial charge in [-0.2, -0.15) is 0 Å². The number of aromatic nitrogens is 5. The second kappa shape index (κ2) is 8.75. The van der Waals surface area contributed by atoms with Gasteiger partial charge >= 0.3 is 0 Å². The molecule has 2 aromatic carbocycles. The van der Waals surface area contributed by atoms with Crippen molar-refractivity contribution in [2.75, 3.05) is 18.0 Å². The van der Waals surface area contributed by atoms with Gasteiger partial charge in [0.05, 0.1) is 10.2 Å². The van der Waals surface area contributed by atoms with E-state index in [2.05, 4.69) is 48.2 Å². The Morgan fingerprint density at radius 3 is 2.53 bits per heavy atom. The third-order valence-electron chi connectivity index (χ3n) is 6.00. The van der Waals surface area contributed by atoms with Gasteiger partial charge < -0.3 is 9.32 Å². The van der Waals surface area contributed by atoms with E-state index in [1.807, 2.05) is 30.3 Å². The highest BCUT2D eigenvalue weighted by molar-refractivity contribution is 7.20. The van der Waals surface area contributed by atoms with Crippen LogP contribution in [0.2, 0.25) is 0 Å². The fourth-order valence-corrected chi connectivity index (χ4v) is 5.13. The van der Waals surface area contributed by atoms with Gasteiger partial charge in [-0.25, -0.2) is 15.0 Å². The van der Waals surface area contributed by atoms with Crippen molar-refractivity contribution in [3.8, 4) is 11.1 Å². The van der Waals surface area contributed by atoms with E-state index < -0.39 is 0 Å². The minimum atomic E-state index is -0.337. The first-order valence-corrected chi connectivity index (χ1v) is 11.9. The summed E-state index contributed by atoms with van der Waals surface area (Å²) in [5.74, 6) is 0.998. The molecule has 34 heavy (non-hydrogen) atoms. The first-order valence-electron chi connectivity index (χ1n) is 11.1. The van der Waals surface area contributed by atoms with Crippen molar-refractivity contribution in [1.29, 1.82) is 0 Å². The Morgan fingerprint density at radius 2 is 1.74 bits per heavy atom. The number of piperidine rings is 1. The second-order valence-corrected chi connectivity index (χ2v) is 9.18. The zero-order valence-electron chi connectivity index (χ0n) is 18.2. The molecule has 0 unspecified atom stereocenters. The number of fused-ring (bicyclic) bond motifs is 1. The SMILES string of the molecule is O=C(c1nnc(C2CCN(c3ncccn3)CC2)o1)c1nc2ccc(-c3ccccc3)cc2s1. The summed E-state index contributed by atoms with van der Waals surface area (Å²) in [5, 5.41) is 8.58. The molecule has 0 atom stereocenters. The lowest BCUT2D eigenvalue weighted by Crippen LogP contribution is -2.34. The first-order chi connectivity index (χ1) is 16.7. The highest BCUT2D eigenvalue weighted by Gasteiger charge is 2.28. The number of anilines is 1. The molecule has 0 spiro atoms. The zero-order valence-corrected chi connectivity index (χ0v) is 19.0. The van der Waals surface area contributed by atoms with Gasteiger partial charge in [-0.15, -0.1) is 21.5 Å². The minimum Gasteiger partial charge on any atom is -0.418 e. The van der Waals surface area contributed by atoms with E-state index in [1.165, 1.54) is 11.3 Å². The maximum Gasteiger partial charge on any atom is 0.291 e. The van der Waals surface area contributed by atoms with Gasteiger partial charge in [0, 0.05) is 31.4 Å². The average molecular weight is 469 g/mol. The summed E-state index contributed by atoms with van der Waals surface area (Å²) >= 11 is 1.34. The average Bonchev–Trinajstić information content (AvgIpc) is 3.57. The quantitative estimate of drug-likeness (QED) is 0.341. The highest BCUT2D eigenvalue weighted by Crippen LogP contribution is 2.31. The van der Waals surface area contributed by atoms with E-state index in [0.717, 1.165) is 53.2 Å². The fourth-order valence-electron chi connectivity index (χ4n) is 4.20. The van der Waals surface area contributed by atoms with Crippen LogP contribution >= 0.6 is 11.3 Å². The van der Waals surface area contributed by atoms with Gasteiger partial charge in [-0.3, -0.25) is 4.79 Å². The number of hydrogen-bond acceptors (Lipinski definition) is 9.